The van der Waals surface area contributed by atoms with Gasteiger partial charge in [0.1, 0.15) is 0 Å². The van der Waals surface area contributed by atoms with Crippen LogP contribution in [0.2, 0.25) is 0 Å². The second kappa shape index (κ2) is 6.54. The second-order valence-electron chi connectivity index (χ2n) is 4.15. The van der Waals surface area contributed by atoms with Gasteiger partial charge < -0.3 is 5.32 Å². The van der Waals surface area contributed by atoms with Gasteiger partial charge >= 0.3 is 0 Å². The fourth-order valence-electron chi connectivity index (χ4n) is 1.47. The molecule has 0 saturated heterocycles. The van der Waals surface area contributed by atoms with Crippen molar-refractivity contribution < 1.29 is 4.79 Å². The first kappa shape index (κ1) is 13.0. The smallest absolute Gasteiger partial charge is 0.224 e. The molecular weight excluding hydrogens is 222 g/mol. The summed E-state index contributed by atoms with van der Waals surface area (Å²) in [4.78, 5) is 11.6. The Bertz CT molecular complexity index is 326. The van der Waals surface area contributed by atoms with Gasteiger partial charge in [0.2, 0.25) is 5.91 Å². The first-order valence-electron chi connectivity index (χ1n) is 5.53. The molecule has 1 rings (SSSR count). The molecule has 16 heavy (non-hydrogen) atoms. The maximum absolute atomic E-state index is 11.6. The van der Waals surface area contributed by atoms with E-state index in [-0.39, 0.29) is 17.9 Å². The van der Waals surface area contributed by atoms with Gasteiger partial charge in [-0.15, -0.1) is 11.6 Å². The summed E-state index contributed by atoms with van der Waals surface area (Å²) in [6.45, 7) is 3.84. The van der Waals surface area contributed by atoms with Crippen LogP contribution < -0.4 is 5.32 Å². The normalized spacial score (nSPS) is 14.2. The molecule has 0 saturated carbocycles. The van der Waals surface area contributed by atoms with Crippen molar-refractivity contribution in [2.24, 2.45) is 5.92 Å². The van der Waals surface area contributed by atoms with Crippen LogP contribution in [0.25, 0.3) is 0 Å². The minimum absolute atomic E-state index is 0.0263. The van der Waals surface area contributed by atoms with E-state index in [1.165, 1.54) is 5.56 Å². The summed E-state index contributed by atoms with van der Waals surface area (Å²) >= 11 is 5.63. The van der Waals surface area contributed by atoms with Crippen LogP contribution in [0.5, 0.6) is 0 Å². The first-order chi connectivity index (χ1) is 7.63. The molecule has 2 atom stereocenters. The van der Waals surface area contributed by atoms with Crippen molar-refractivity contribution in [1.29, 1.82) is 0 Å². The van der Waals surface area contributed by atoms with Crippen LogP contribution in [-0.2, 0) is 11.2 Å². The van der Waals surface area contributed by atoms with E-state index in [0.717, 1.165) is 6.42 Å². The van der Waals surface area contributed by atoms with Gasteiger partial charge in [-0.1, -0.05) is 37.3 Å². The molecule has 0 aliphatic carbocycles. The summed E-state index contributed by atoms with van der Waals surface area (Å²) in [5.41, 5.74) is 1.23. The van der Waals surface area contributed by atoms with E-state index in [9.17, 15) is 4.79 Å². The largest absolute Gasteiger partial charge is 0.353 e. The third-order valence-electron chi connectivity index (χ3n) is 2.45. The van der Waals surface area contributed by atoms with Crippen molar-refractivity contribution in [2.75, 3.05) is 5.88 Å². The third-order valence-corrected chi connectivity index (χ3v) is 2.92. The van der Waals surface area contributed by atoms with Crippen LogP contribution >= 0.6 is 11.6 Å². The van der Waals surface area contributed by atoms with Gasteiger partial charge in [-0.2, -0.15) is 0 Å². The summed E-state index contributed by atoms with van der Waals surface area (Å²) in [6.07, 6.45) is 0.849. The van der Waals surface area contributed by atoms with Crippen molar-refractivity contribution in [3.63, 3.8) is 0 Å². The highest BCUT2D eigenvalue weighted by atomic mass is 35.5. The molecule has 1 aromatic rings. The average molecular weight is 240 g/mol. The predicted molar refractivity (Wildman–Crippen MR) is 67.6 cm³/mol. The highest BCUT2D eigenvalue weighted by Crippen LogP contribution is 2.04. The molecule has 1 aromatic carbocycles. The maximum atomic E-state index is 11.6. The standard InChI is InChI=1S/C13H18ClNO/c1-10(9-14)13(16)15-11(2)8-12-6-4-3-5-7-12/h3-7,10-11H,8-9H2,1-2H3,(H,15,16). The molecule has 88 valence electrons. The molecule has 0 aliphatic rings. The molecule has 0 heterocycles. The first-order valence-corrected chi connectivity index (χ1v) is 6.07. The SMILES string of the molecule is CC(Cc1ccccc1)NC(=O)C(C)CCl. The third kappa shape index (κ3) is 4.23. The summed E-state index contributed by atoms with van der Waals surface area (Å²) in [6, 6.07) is 10.3. The molecule has 2 nitrogen and oxygen atoms in total. The molecule has 0 spiro atoms. The van der Waals surface area contributed by atoms with Crippen molar-refractivity contribution in [1.82, 2.24) is 5.32 Å². The number of alkyl halides is 1. The lowest BCUT2D eigenvalue weighted by Gasteiger charge is -2.16. The molecule has 1 amide bonds. The van der Waals surface area contributed by atoms with Crippen LogP contribution in [0.15, 0.2) is 30.3 Å². The Labute approximate surface area is 102 Å². The van der Waals surface area contributed by atoms with Crippen LogP contribution in [0.3, 0.4) is 0 Å². The van der Waals surface area contributed by atoms with Crippen molar-refractivity contribution in [3.8, 4) is 0 Å². The van der Waals surface area contributed by atoms with Gasteiger partial charge in [-0.05, 0) is 18.9 Å². The van der Waals surface area contributed by atoms with E-state index in [0.29, 0.717) is 5.88 Å². The zero-order valence-corrected chi connectivity index (χ0v) is 10.5. The van der Waals surface area contributed by atoms with E-state index in [1.54, 1.807) is 0 Å². The molecule has 3 heteroatoms. The Balaban J connectivity index is 2.42. The lowest BCUT2D eigenvalue weighted by molar-refractivity contribution is -0.124. The van der Waals surface area contributed by atoms with Gasteiger partial charge in [0, 0.05) is 17.8 Å². The number of hydrogen-bond acceptors (Lipinski definition) is 1. The molecule has 0 aliphatic heterocycles. The minimum Gasteiger partial charge on any atom is -0.353 e. The lowest BCUT2D eigenvalue weighted by Crippen LogP contribution is -2.38. The number of benzene rings is 1. The molecule has 2 unspecified atom stereocenters. The Morgan fingerprint density at radius 3 is 2.50 bits per heavy atom. The Morgan fingerprint density at radius 1 is 1.31 bits per heavy atom. The monoisotopic (exact) mass is 239 g/mol. The van der Waals surface area contributed by atoms with E-state index in [2.05, 4.69) is 17.4 Å². The highest BCUT2D eigenvalue weighted by Gasteiger charge is 2.13. The molecule has 0 radical (unpaired) electrons. The Hall–Kier alpha value is -1.02. The summed E-state index contributed by atoms with van der Waals surface area (Å²) < 4.78 is 0. The number of halogens is 1. The number of carbonyl (C=O) groups is 1. The van der Waals surface area contributed by atoms with Crippen LogP contribution in [0.4, 0.5) is 0 Å². The fourth-order valence-corrected chi connectivity index (χ4v) is 1.61. The van der Waals surface area contributed by atoms with Gasteiger partial charge in [0.25, 0.3) is 0 Å². The van der Waals surface area contributed by atoms with E-state index >= 15 is 0 Å². The van der Waals surface area contributed by atoms with E-state index < -0.39 is 0 Å². The van der Waals surface area contributed by atoms with Crippen LogP contribution in [-0.4, -0.2) is 17.8 Å². The van der Waals surface area contributed by atoms with Crippen LogP contribution in [0, 0.1) is 5.92 Å². The number of carbonyl (C=O) groups excluding carboxylic acids is 1. The summed E-state index contributed by atoms with van der Waals surface area (Å²) in [7, 11) is 0. The number of nitrogens with one attached hydrogen (secondary N) is 1. The fraction of sp³-hybridized carbons (Fsp3) is 0.462. The molecule has 0 fully saturated rings. The van der Waals surface area contributed by atoms with Gasteiger partial charge in [0.15, 0.2) is 0 Å². The second-order valence-corrected chi connectivity index (χ2v) is 4.46. The quantitative estimate of drug-likeness (QED) is 0.787. The maximum Gasteiger partial charge on any atom is 0.224 e. The number of rotatable bonds is 5. The number of hydrogen-bond donors (Lipinski definition) is 1. The Morgan fingerprint density at radius 2 is 1.94 bits per heavy atom. The Kier molecular flexibility index (Phi) is 5.33. The highest BCUT2D eigenvalue weighted by molar-refractivity contribution is 6.19. The van der Waals surface area contributed by atoms with Gasteiger partial charge in [-0.25, -0.2) is 0 Å². The predicted octanol–water partition coefficient (Wildman–Crippen LogP) is 2.61. The van der Waals surface area contributed by atoms with Crippen molar-refractivity contribution in [2.45, 2.75) is 26.3 Å². The summed E-state index contributed by atoms with van der Waals surface area (Å²) in [5.74, 6) is 0.266. The van der Waals surface area contributed by atoms with Gasteiger partial charge in [0.05, 0.1) is 0 Å². The molecule has 0 bridgehead atoms. The minimum atomic E-state index is -0.125. The van der Waals surface area contributed by atoms with E-state index in [1.807, 2.05) is 32.0 Å². The summed E-state index contributed by atoms with van der Waals surface area (Å²) in [5, 5.41) is 2.96. The topological polar surface area (TPSA) is 29.1 Å². The van der Waals surface area contributed by atoms with E-state index in [4.69, 9.17) is 11.6 Å². The molecular formula is C13H18ClNO. The molecule has 0 aromatic heterocycles. The lowest BCUT2D eigenvalue weighted by atomic mass is 10.1. The van der Waals surface area contributed by atoms with Crippen LogP contribution in [0.1, 0.15) is 19.4 Å². The van der Waals surface area contributed by atoms with Crippen molar-refractivity contribution in [3.05, 3.63) is 35.9 Å². The van der Waals surface area contributed by atoms with Gasteiger partial charge in [-0.3, -0.25) is 4.79 Å². The zero-order valence-electron chi connectivity index (χ0n) is 9.74. The number of amides is 1. The zero-order chi connectivity index (χ0) is 12.0. The average Bonchev–Trinajstić information content (AvgIpc) is 2.29. The van der Waals surface area contributed by atoms with Crippen molar-refractivity contribution >= 4 is 17.5 Å². The molecule has 1 N–H and O–H groups in total.